The van der Waals surface area contributed by atoms with Gasteiger partial charge in [-0.05, 0) is 74.4 Å². The quantitative estimate of drug-likeness (QED) is 0.656. The third-order valence-corrected chi connectivity index (χ3v) is 5.94. The molecule has 1 saturated carbocycles. The molecule has 1 aliphatic carbocycles. The molecular formula is C18H31NS. The molecule has 1 heterocycles. The number of aryl methyl sites for hydroxylation is 1. The summed E-state index contributed by atoms with van der Waals surface area (Å²) < 4.78 is 0. The van der Waals surface area contributed by atoms with Gasteiger partial charge in [-0.15, -0.1) is 11.3 Å². The number of rotatable bonds is 8. The normalized spacial score (nSPS) is 26.8. The highest BCUT2D eigenvalue weighted by atomic mass is 32.1. The fourth-order valence-corrected chi connectivity index (χ4v) is 4.39. The van der Waals surface area contributed by atoms with Crippen molar-refractivity contribution in [1.82, 2.24) is 5.32 Å². The molecule has 1 aromatic heterocycles. The van der Waals surface area contributed by atoms with Crippen LogP contribution in [0.4, 0.5) is 0 Å². The molecule has 114 valence electrons. The predicted octanol–water partition coefficient (Wildman–Crippen LogP) is 5.12. The second-order valence-electron chi connectivity index (χ2n) is 6.43. The summed E-state index contributed by atoms with van der Waals surface area (Å²) in [7, 11) is 0. The maximum Gasteiger partial charge on any atom is 0.00453 e. The Morgan fingerprint density at radius 1 is 1.25 bits per heavy atom. The van der Waals surface area contributed by atoms with E-state index in [1.165, 1.54) is 58.0 Å². The van der Waals surface area contributed by atoms with Crippen LogP contribution < -0.4 is 5.32 Å². The molecule has 2 heteroatoms. The van der Waals surface area contributed by atoms with Gasteiger partial charge < -0.3 is 5.32 Å². The van der Waals surface area contributed by atoms with Gasteiger partial charge in [-0.3, -0.25) is 0 Å². The monoisotopic (exact) mass is 293 g/mol. The lowest BCUT2D eigenvalue weighted by Gasteiger charge is -2.36. The zero-order valence-electron chi connectivity index (χ0n) is 13.2. The first kappa shape index (κ1) is 16.0. The van der Waals surface area contributed by atoms with Crippen molar-refractivity contribution in [3.63, 3.8) is 0 Å². The molecule has 3 atom stereocenters. The van der Waals surface area contributed by atoms with Crippen LogP contribution in [-0.2, 0) is 6.42 Å². The van der Waals surface area contributed by atoms with Crippen LogP contribution in [0.25, 0.3) is 0 Å². The Bertz CT molecular complexity index is 344. The van der Waals surface area contributed by atoms with Gasteiger partial charge in [0.25, 0.3) is 0 Å². The minimum Gasteiger partial charge on any atom is -0.316 e. The third kappa shape index (κ3) is 4.89. The molecule has 0 aromatic carbocycles. The van der Waals surface area contributed by atoms with E-state index in [0.717, 1.165) is 17.8 Å². The second-order valence-corrected chi connectivity index (χ2v) is 7.46. The van der Waals surface area contributed by atoms with Crippen LogP contribution in [0.1, 0.15) is 57.2 Å². The molecule has 1 N–H and O–H groups in total. The summed E-state index contributed by atoms with van der Waals surface area (Å²) in [5.41, 5.74) is 0. The van der Waals surface area contributed by atoms with Crippen molar-refractivity contribution < 1.29 is 0 Å². The van der Waals surface area contributed by atoms with Gasteiger partial charge >= 0.3 is 0 Å². The van der Waals surface area contributed by atoms with Gasteiger partial charge in [0.1, 0.15) is 0 Å². The molecule has 0 saturated heterocycles. The lowest BCUT2D eigenvalue weighted by atomic mass is 9.71. The molecule has 1 aliphatic rings. The van der Waals surface area contributed by atoms with E-state index in [4.69, 9.17) is 0 Å². The van der Waals surface area contributed by atoms with E-state index >= 15 is 0 Å². The minimum absolute atomic E-state index is 0.921. The first-order valence-corrected chi connectivity index (χ1v) is 9.44. The van der Waals surface area contributed by atoms with Crippen LogP contribution >= 0.6 is 11.3 Å². The zero-order chi connectivity index (χ0) is 14.2. The Balaban J connectivity index is 1.84. The average Bonchev–Trinajstić information content (AvgIpc) is 2.99. The topological polar surface area (TPSA) is 12.0 Å². The minimum atomic E-state index is 0.921. The van der Waals surface area contributed by atoms with E-state index in [0.29, 0.717) is 0 Å². The Kier molecular flexibility index (Phi) is 7.09. The summed E-state index contributed by atoms with van der Waals surface area (Å²) in [5, 5.41) is 5.88. The SMILES string of the molecule is CCCNCC1CCC(CC)CC1CCc1cccs1. The molecule has 1 fully saturated rings. The first-order valence-electron chi connectivity index (χ1n) is 8.56. The third-order valence-electron chi connectivity index (χ3n) is 5.00. The van der Waals surface area contributed by atoms with Crippen molar-refractivity contribution in [2.24, 2.45) is 17.8 Å². The maximum atomic E-state index is 3.66. The van der Waals surface area contributed by atoms with Crippen LogP contribution in [0.2, 0.25) is 0 Å². The molecule has 0 radical (unpaired) electrons. The Morgan fingerprint density at radius 2 is 2.15 bits per heavy atom. The van der Waals surface area contributed by atoms with Crippen molar-refractivity contribution >= 4 is 11.3 Å². The zero-order valence-corrected chi connectivity index (χ0v) is 14.1. The van der Waals surface area contributed by atoms with Gasteiger partial charge in [-0.25, -0.2) is 0 Å². The fourth-order valence-electron chi connectivity index (χ4n) is 3.66. The molecule has 1 nitrogen and oxygen atoms in total. The van der Waals surface area contributed by atoms with Crippen LogP contribution in [-0.4, -0.2) is 13.1 Å². The molecule has 1 aromatic rings. The Hall–Kier alpha value is -0.340. The first-order chi connectivity index (χ1) is 9.83. The predicted molar refractivity (Wildman–Crippen MR) is 90.4 cm³/mol. The number of hydrogen-bond donors (Lipinski definition) is 1. The molecule has 3 unspecified atom stereocenters. The molecule has 2 rings (SSSR count). The van der Waals surface area contributed by atoms with Crippen LogP contribution in [0.5, 0.6) is 0 Å². The number of hydrogen-bond acceptors (Lipinski definition) is 2. The van der Waals surface area contributed by atoms with E-state index < -0.39 is 0 Å². The summed E-state index contributed by atoms with van der Waals surface area (Å²) in [6.07, 6.45) is 9.71. The van der Waals surface area contributed by atoms with Gasteiger partial charge in [0.2, 0.25) is 0 Å². The van der Waals surface area contributed by atoms with E-state index in [2.05, 4.69) is 36.7 Å². The van der Waals surface area contributed by atoms with E-state index in [1.807, 2.05) is 11.3 Å². The highest BCUT2D eigenvalue weighted by Gasteiger charge is 2.29. The van der Waals surface area contributed by atoms with E-state index in [9.17, 15) is 0 Å². The fraction of sp³-hybridized carbons (Fsp3) is 0.778. The van der Waals surface area contributed by atoms with Crippen molar-refractivity contribution in [2.45, 2.75) is 58.8 Å². The summed E-state index contributed by atoms with van der Waals surface area (Å²) >= 11 is 1.93. The molecule has 0 spiro atoms. The Labute approximate surface area is 129 Å². The van der Waals surface area contributed by atoms with Gasteiger partial charge in [-0.1, -0.05) is 32.8 Å². The summed E-state index contributed by atoms with van der Waals surface area (Å²) in [4.78, 5) is 1.57. The summed E-state index contributed by atoms with van der Waals surface area (Å²) in [6, 6.07) is 4.49. The summed E-state index contributed by atoms with van der Waals surface area (Å²) in [5.74, 6) is 2.86. The van der Waals surface area contributed by atoms with Crippen molar-refractivity contribution in [2.75, 3.05) is 13.1 Å². The van der Waals surface area contributed by atoms with Crippen molar-refractivity contribution in [1.29, 1.82) is 0 Å². The highest BCUT2D eigenvalue weighted by molar-refractivity contribution is 7.09. The van der Waals surface area contributed by atoms with Crippen LogP contribution in [0, 0.1) is 17.8 Å². The van der Waals surface area contributed by atoms with Gasteiger partial charge in [0.05, 0.1) is 0 Å². The van der Waals surface area contributed by atoms with Gasteiger partial charge in [0, 0.05) is 4.88 Å². The van der Waals surface area contributed by atoms with Crippen LogP contribution in [0.15, 0.2) is 17.5 Å². The van der Waals surface area contributed by atoms with E-state index in [1.54, 1.807) is 4.88 Å². The van der Waals surface area contributed by atoms with Gasteiger partial charge in [-0.2, -0.15) is 0 Å². The van der Waals surface area contributed by atoms with E-state index in [-0.39, 0.29) is 0 Å². The highest BCUT2D eigenvalue weighted by Crippen LogP contribution is 2.38. The van der Waals surface area contributed by atoms with Gasteiger partial charge in [0.15, 0.2) is 0 Å². The molecule has 0 amide bonds. The average molecular weight is 294 g/mol. The maximum absolute atomic E-state index is 3.66. The Morgan fingerprint density at radius 3 is 2.85 bits per heavy atom. The van der Waals surface area contributed by atoms with Crippen molar-refractivity contribution in [3.8, 4) is 0 Å². The second kappa shape index (κ2) is 8.84. The lowest BCUT2D eigenvalue weighted by Crippen LogP contribution is -2.33. The molecule has 20 heavy (non-hydrogen) atoms. The summed E-state index contributed by atoms with van der Waals surface area (Å²) in [6.45, 7) is 7.07. The molecule has 0 aliphatic heterocycles. The lowest BCUT2D eigenvalue weighted by molar-refractivity contribution is 0.163. The standard InChI is InChI=1S/C18H31NS/c1-3-11-19-14-17-8-7-15(4-2)13-16(17)9-10-18-6-5-12-20-18/h5-6,12,15-17,19H,3-4,7-11,13-14H2,1-2H3. The van der Waals surface area contributed by atoms with Crippen molar-refractivity contribution in [3.05, 3.63) is 22.4 Å². The number of thiophene rings is 1. The van der Waals surface area contributed by atoms with Crippen LogP contribution in [0.3, 0.4) is 0 Å². The molecular weight excluding hydrogens is 262 g/mol. The largest absolute Gasteiger partial charge is 0.316 e. The number of nitrogens with one attached hydrogen (secondary N) is 1. The smallest absolute Gasteiger partial charge is 0.00453 e. The molecule has 0 bridgehead atoms.